The first-order chi connectivity index (χ1) is 8.58. The Morgan fingerprint density at radius 3 is 2.61 bits per heavy atom. The molecule has 0 aromatic carbocycles. The van der Waals surface area contributed by atoms with E-state index in [9.17, 15) is 4.79 Å². The summed E-state index contributed by atoms with van der Waals surface area (Å²) in [5.74, 6) is 1.33. The molecule has 0 bridgehead atoms. The number of rotatable bonds is 6. The van der Waals surface area contributed by atoms with E-state index in [2.05, 4.69) is 19.2 Å². The maximum absolute atomic E-state index is 11.4. The van der Waals surface area contributed by atoms with Crippen LogP contribution in [-0.4, -0.2) is 38.9 Å². The maximum atomic E-state index is 11.4. The third-order valence-corrected chi connectivity index (χ3v) is 4.14. The second-order valence-corrected chi connectivity index (χ2v) is 5.41. The molecule has 1 saturated carbocycles. The second-order valence-electron chi connectivity index (χ2n) is 5.41. The first kappa shape index (κ1) is 15.4. The lowest BCUT2D eigenvalue weighted by molar-refractivity contribution is -0.143. The van der Waals surface area contributed by atoms with Gasteiger partial charge in [0.1, 0.15) is 6.04 Å². The summed E-state index contributed by atoms with van der Waals surface area (Å²) in [6.07, 6.45) is 4.57. The largest absolute Gasteiger partial charge is 0.468 e. The van der Waals surface area contributed by atoms with E-state index in [0.717, 1.165) is 24.7 Å². The number of ether oxygens (including phenoxy) is 2. The fourth-order valence-corrected chi connectivity index (χ4v) is 2.52. The van der Waals surface area contributed by atoms with Gasteiger partial charge in [-0.05, 0) is 44.6 Å². The molecular formula is C14H27NO3. The predicted molar refractivity (Wildman–Crippen MR) is 71.4 cm³/mol. The molecule has 0 aromatic heterocycles. The molecule has 4 atom stereocenters. The minimum absolute atomic E-state index is 0.216. The molecule has 0 saturated heterocycles. The molecule has 0 spiro atoms. The van der Waals surface area contributed by atoms with Gasteiger partial charge < -0.3 is 14.8 Å². The third kappa shape index (κ3) is 4.58. The average Bonchev–Trinajstić information content (AvgIpc) is 2.38. The van der Waals surface area contributed by atoms with Crippen LogP contribution in [0.2, 0.25) is 0 Å². The number of nitrogens with one attached hydrogen (secondary N) is 1. The molecule has 4 heteroatoms. The SMILES string of the molecule is CNC(CCOC1CCC(C)C(C)C1)C(=O)OC. The van der Waals surface area contributed by atoms with Gasteiger partial charge in [0.05, 0.1) is 13.2 Å². The van der Waals surface area contributed by atoms with Gasteiger partial charge in [-0.1, -0.05) is 13.8 Å². The van der Waals surface area contributed by atoms with Crippen molar-refractivity contribution >= 4 is 5.97 Å². The van der Waals surface area contributed by atoms with Gasteiger partial charge in [0, 0.05) is 6.61 Å². The van der Waals surface area contributed by atoms with E-state index in [1.165, 1.54) is 13.5 Å². The van der Waals surface area contributed by atoms with Gasteiger partial charge >= 0.3 is 5.97 Å². The Kier molecular flexibility index (Phi) is 6.65. The molecule has 0 amide bonds. The zero-order chi connectivity index (χ0) is 13.5. The standard InChI is InChI=1S/C14H27NO3/c1-10-5-6-12(9-11(10)2)18-8-7-13(15-3)14(16)17-4/h10-13,15H,5-9H2,1-4H3. The van der Waals surface area contributed by atoms with Crippen LogP contribution in [0.4, 0.5) is 0 Å². The quantitative estimate of drug-likeness (QED) is 0.739. The Hall–Kier alpha value is -0.610. The Balaban J connectivity index is 2.23. The van der Waals surface area contributed by atoms with Crippen LogP contribution in [0.3, 0.4) is 0 Å². The summed E-state index contributed by atoms with van der Waals surface area (Å²) in [5, 5.41) is 2.95. The summed E-state index contributed by atoms with van der Waals surface area (Å²) in [6.45, 7) is 5.23. The summed E-state index contributed by atoms with van der Waals surface area (Å²) < 4.78 is 10.6. The minimum atomic E-state index is -0.255. The summed E-state index contributed by atoms with van der Waals surface area (Å²) in [5.41, 5.74) is 0. The topological polar surface area (TPSA) is 47.6 Å². The zero-order valence-corrected chi connectivity index (χ0v) is 12.1. The van der Waals surface area contributed by atoms with Crippen LogP contribution in [0.25, 0.3) is 0 Å². The molecule has 1 aliphatic carbocycles. The van der Waals surface area contributed by atoms with Crippen LogP contribution in [0.1, 0.15) is 39.5 Å². The average molecular weight is 257 g/mol. The molecule has 106 valence electrons. The van der Waals surface area contributed by atoms with Crippen LogP contribution in [-0.2, 0) is 14.3 Å². The number of likely N-dealkylation sites (N-methyl/N-ethyl adjacent to an activating group) is 1. The molecule has 0 aliphatic heterocycles. The van der Waals surface area contributed by atoms with Crippen molar-refractivity contribution in [2.24, 2.45) is 11.8 Å². The van der Waals surface area contributed by atoms with Gasteiger partial charge in [-0.25, -0.2) is 0 Å². The Bertz CT molecular complexity index is 257. The van der Waals surface area contributed by atoms with Crippen LogP contribution >= 0.6 is 0 Å². The lowest BCUT2D eigenvalue weighted by Gasteiger charge is -2.32. The first-order valence-electron chi connectivity index (χ1n) is 6.95. The van der Waals surface area contributed by atoms with Gasteiger partial charge in [0.15, 0.2) is 0 Å². The number of esters is 1. The van der Waals surface area contributed by atoms with E-state index >= 15 is 0 Å². The maximum Gasteiger partial charge on any atom is 0.322 e. The number of carbonyl (C=O) groups excluding carboxylic acids is 1. The monoisotopic (exact) mass is 257 g/mol. The van der Waals surface area contributed by atoms with E-state index in [4.69, 9.17) is 9.47 Å². The predicted octanol–water partition coefficient (Wildman–Crippen LogP) is 1.98. The summed E-state index contributed by atoms with van der Waals surface area (Å²) in [4.78, 5) is 11.4. The molecule has 1 aliphatic rings. The fourth-order valence-electron chi connectivity index (χ4n) is 2.52. The van der Waals surface area contributed by atoms with Gasteiger partial charge in [-0.3, -0.25) is 4.79 Å². The molecule has 1 rings (SSSR count). The van der Waals surface area contributed by atoms with Crippen LogP contribution in [0.15, 0.2) is 0 Å². The van der Waals surface area contributed by atoms with Crippen LogP contribution in [0.5, 0.6) is 0 Å². The van der Waals surface area contributed by atoms with Crippen molar-refractivity contribution in [2.45, 2.75) is 51.7 Å². The smallest absolute Gasteiger partial charge is 0.322 e. The van der Waals surface area contributed by atoms with E-state index < -0.39 is 0 Å². The van der Waals surface area contributed by atoms with E-state index in [1.54, 1.807) is 7.05 Å². The molecule has 0 aromatic rings. The van der Waals surface area contributed by atoms with Crippen molar-refractivity contribution in [1.82, 2.24) is 5.32 Å². The second kappa shape index (κ2) is 7.74. The number of hydrogen-bond donors (Lipinski definition) is 1. The molecule has 4 unspecified atom stereocenters. The Labute approximate surface area is 110 Å². The van der Waals surface area contributed by atoms with E-state index in [0.29, 0.717) is 19.1 Å². The van der Waals surface area contributed by atoms with Crippen molar-refractivity contribution in [2.75, 3.05) is 20.8 Å². The van der Waals surface area contributed by atoms with Crippen molar-refractivity contribution < 1.29 is 14.3 Å². The van der Waals surface area contributed by atoms with Crippen molar-refractivity contribution in [3.63, 3.8) is 0 Å². The first-order valence-corrected chi connectivity index (χ1v) is 6.95. The lowest BCUT2D eigenvalue weighted by Crippen LogP contribution is -2.36. The fraction of sp³-hybridized carbons (Fsp3) is 0.929. The molecule has 1 N–H and O–H groups in total. The third-order valence-electron chi connectivity index (χ3n) is 4.14. The number of carbonyl (C=O) groups is 1. The van der Waals surface area contributed by atoms with Gasteiger partial charge in [0.2, 0.25) is 0 Å². The Morgan fingerprint density at radius 1 is 1.33 bits per heavy atom. The van der Waals surface area contributed by atoms with E-state index in [1.807, 2.05) is 0 Å². The molecule has 18 heavy (non-hydrogen) atoms. The number of methoxy groups -OCH3 is 1. The molecular weight excluding hydrogens is 230 g/mol. The van der Waals surface area contributed by atoms with Crippen molar-refractivity contribution in [3.05, 3.63) is 0 Å². The molecule has 1 fully saturated rings. The van der Waals surface area contributed by atoms with E-state index in [-0.39, 0.29) is 12.0 Å². The van der Waals surface area contributed by atoms with Crippen molar-refractivity contribution in [3.8, 4) is 0 Å². The number of hydrogen-bond acceptors (Lipinski definition) is 4. The zero-order valence-electron chi connectivity index (χ0n) is 12.1. The molecule has 0 heterocycles. The molecule has 0 radical (unpaired) electrons. The highest BCUT2D eigenvalue weighted by Crippen LogP contribution is 2.30. The summed E-state index contributed by atoms with van der Waals surface area (Å²) in [6, 6.07) is -0.255. The van der Waals surface area contributed by atoms with Crippen LogP contribution < -0.4 is 5.32 Å². The normalized spacial score (nSPS) is 29.9. The van der Waals surface area contributed by atoms with Gasteiger partial charge in [-0.15, -0.1) is 0 Å². The van der Waals surface area contributed by atoms with Gasteiger partial charge in [-0.2, -0.15) is 0 Å². The summed E-state index contributed by atoms with van der Waals surface area (Å²) in [7, 11) is 3.18. The summed E-state index contributed by atoms with van der Waals surface area (Å²) >= 11 is 0. The highest BCUT2D eigenvalue weighted by molar-refractivity contribution is 5.75. The van der Waals surface area contributed by atoms with Crippen molar-refractivity contribution in [1.29, 1.82) is 0 Å². The van der Waals surface area contributed by atoms with Crippen LogP contribution in [0, 0.1) is 11.8 Å². The molecule has 4 nitrogen and oxygen atoms in total. The highest BCUT2D eigenvalue weighted by Gasteiger charge is 2.25. The Morgan fingerprint density at radius 2 is 2.06 bits per heavy atom. The van der Waals surface area contributed by atoms with Gasteiger partial charge in [0.25, 0.3) is 0 Å². The highest BCUT2D eigenvalue weighted by atomic mass is 16.5. The minimum Gasteiger partial charge on any atom is -0.468 e. The lowest BCUT2D eigenvalue weighted by atomic mass is 9.80.